The monoisotopic (exact) mass is 627 g/mol. The molecule has 3 saturated heterocycles. The third-order valence-electron chi connectivity index (χ3n) is 9.67. The summed E-state index contributed by atoms with van der Waals surface area (Å²) in [7, 11) is 2.13. The summed E-state index contributed by atoms with van der Waals surface area (Å²) in [5, 5.41) is 12.5. The lowest BCUT2D eigenvalue weighted by molar-refractivity contribution is -0.135. The number of nitrogens with zero attached hydrogens (tertiary/aromatic N) is 7. The van der Waals surface area contributed by atoms with Crippen LogP contribution in [0.4, 0.5) is 11.5 Å². The Hall–Kier alpha value is -3.91. The number of rotatable bonds is 8. The molecule has 11 heteroatoms. The molecule has 45 heavy (non-hydrogen) atoms. The molecule has 10 nitrogen and oxygen atoms in total. The van der Waals surface area contributed by atoms with Crippen molar-refractivity contribution >= 4 is 39.8 Å². The largest absolute Gasteiger partial charge is 0.462 e. The number of halogens is 1. The fourth-order valence-corrected chi connectivity index (χ4v) is 7.38. The quantitative estimate of drug-likeness (QED) is 0.269. The van der Waals surface area contributed by atoms with Crippen molar-refractivity contribution in [3.63, 3.8) is 0 Å². The smallest absolute Gasteiger partial charge is 0.318 e. The number of carbonyl (C=O) groups is 1. The predicted octanol–water partition coefficient (Wildman–Crippen LogP) is 4.20. The van der Waals surface area contributed by atoms with E-state index < -0.39 is 6.10 Å². The lowest BCUT2D eigenvalue weighted by Crippen LogP contribution is -2.57. The van der Waals surface area contributed by atoms with Gasteiger partial charge in [-0.15, -0.1) is 6.58 Å². The maximum atomic E-state index is 13.2. The van der Waals surface area contributed by atoms with E-state index in [0.717, 1.165) is 70.9 Å². The number of hydrogen-bond acceptors (Lipinski definition) is 9. The molecule has 0 saturated carbocycles. The number of fused-ring (bicyclic) bond motifs is 2. The SMILES string of the molecule is C=C[C@H]1O[C@@H]1C(=O)N1CCN(c2nc(OC[C@@H]3CCCN3C)nc3c2CCN(c2cccc4cccc(Cl)c24)C3)C[C@@H]1CC#N. The molecule has 4 atom stereocenters. The van der Waals surface area contributed by atoms with Gasteiger partial charge in [0.15, 0.2) is 6.10 Å². The zero-order chi connectivity index (χ0) is 31.1. The van der Waals surface area contributed by atoms with Crippen molar-refractivity contribution < 1.29 is 14.3 Å². The minimum Gasteiger partial charge on any atom is -0.462 e. The summed E-state index contributed by atoms with van der Waals surface area (Å²) in [6, 6.07) is 15.0. The normalized spacial score (nSPS) is 24.8. The zero-order valence-corrected chi connectivity index (χ0v) is 26.3. The Morgan fingerprint density at radius 1 is 1.16 bits per heavy atom. The van der Waals surface area contributed by atoms with Crippen LogP contribution in [0.25, 0.3) is 10.8 Å². The summed E-state index contributed by atoms with van der Waals surface area (Å²) < 4.78 is 11.8. The number of epoxide rings is 1. The number of nitriles is 1. The Morgan fingerprint density at radius 2 is 2.00 bits per heavy atom. The molecule has 4 aliphatic heterocycles. The van der Waals surface area contributed by atoms with Crippen molar-refractivity contribution in [2.75, 3.05) is 56.2 Å². The van der Waals surface area contributed by atoms with Crippen molar-refractivity contribution in [2.24, 2.45) is 0 Å². The Kier molecular flexibility index (Phi) is 8.25. The van der Waals surface area contributed by atoms with Crippen LogP contribution in [0.5, 0.6) is 6.01 Å². The molecule has 0 N–H and O–H groups in total. The number of ether oxygens (including phenoxy) is 2. The lowest BCUT2D eigenvalue weighted by atomic mass is 10.0. The predicted molar refractivity (Wildman–Crippen MR) is 174 cm³/mol. The van der Waals surface area contributed by atoms with Gasteiger partial charge in [0.05, 0.1) is 35.8 Å². The van der Waals surface area contributed by atoms with E-state index in [4.69, 9.17) is 31.0 Å². The number of anilines is 2. The van der Waals surface area contributed by atoms with Gasteiger partial charge in [0.2, 0.25) is 0 Å². The van der Waals surface area contributed by atoms with Gasteiger partial charge in [0.1, 0.15) is 18.5 Å². The molecule has 0 unspecified atom stereocenters. The van der Waals surface area contributed by atoms with E-state index in [-0.39, 0.29) is 24.5 Å². The van der Waals surface area contributed by atoms with Crippen LogP contribution in [0.2, 0.25) is 5.02 Å². The van der Waals surface area contributed by atoms with E-state index >= 15 is 0 Å². The first-order chi connectivity index (χ1) is 21.9. The van der Waals surface area contributed by atoms with Gasteiger partial charge in [-0.3, -0.25) is 4.79 Å². The van der Waals surface area contributed by atoms with Gasteiger partial charge >= 0.3 is 6.01 Å². The van der Waals surface area contributed by atoms with Gasteiger partial charge in [-0.05, 0) is 50.4 Å². The first kappa shape index (κ1) is 29.8. The summed E-state index contributed by atoms with van der Waals surface area (Å²) in [5.41, 5.74) is 3.11. The second-order valence-corrected chi connectivity index (χ2v) is 12.8. The first-order valence-electron chi connectivity index (χ1n) is 15.8. The molecule has 3 aromatic rings. The molecule has 234 valence electrons. The molecule has 0 radical (unpaired) electrons. The highest BCUT2D eigenvalue weighted by molar-refractivity contribution is 6.36. The molecular weight excluding hydrogens is 590 g/mol. The van der Waals surface area contributed by atoms with E-state index in [1.807, 2.05) is 12.1 Å². The van der Waals surface area contributed by atoms with Gasteiger partial charge in [-0.2, -0.15) is 15.2 Å². The van der Waals surface area contributed by atoms with Crippen LogP contribution in [0, 0.1) is 11.3 Å². The first-order valence-corrected chi connectivity index (χ1v) is 16.2. The number of amides is 1. The molecular formula is C34H38ClN7O3. The van der Waals surface area contributed by atoms with Crippen LogP contribution < -0.4 is 14.5 Å². The van der Waals surface area contributed by atoms with E-state index in [0.29, 0.717) is 44.8 Å². The van der Waals surface area contributed by atoms with E-state index in [1.165, 1.54) is 0 Å². The van der Waals surface area contributed by atoms with Crippen LogP contribution in [0.3, 0.4) is 0 Å². The summed E-state index contributed by atoms with van der Waals surface area (Å²) in [6.45, 7) is 8.30. The van der Waals surface area contributed by atoms with Crippen LogP contribution in [0.1, 0.15) is 30.5 Å². The molecule has 1 aromatic heterocycles. The van der Waals surface area contributed by atoms with Gasteiger partial charge < -0.3 is 29.1 Å². The summed E-state index contributed by atoms with van der Waals surface area (Å²) >= 11 is 6.72. The highest BCUT2D eigenvalue weighted by Crippen LogP contribution is 2.37. The highest BCUT2D eigenvalue weighted by atomic mass is 35.5. The van der Waals surface area contributed by atoms with Gasteiger partial charge in [0, 0.05) is 48.9 Å². The van der Waals surface area contributed by atoms with Crippen LogP contribution in [-0.4, -0.2) is 96.3 Å². The molecule has 1 amide bonds. The molecule has 3 fully saturated rings. The number of hydrogen-bond donors (Lipinski definition) is 0. The fraction of sp³-hybridized carbons (Fsp3) is 0.471. The maximum Gasteiger partial charge on any atom is 0.318 e. The summed E-state index contributed by atoms with van der Waals surface area (Å²) in [6.07, 6.45) is 4.14. The van der Waals surface area contributed by atoms with Crippen molar-refractivity contribution in [2.45, 2.75) is 56.5 Å². The van der Waals surface area contributed by atoms with E-state index in [9.17, 15) is 10.1 Å². The van der Waals surface area contributed by atoms with Crippen molar-refractivity contribution in [3.8, 4) is 12.1 Å². The van der Waals surface area contributed by atoms with Crippen molar-refractivity contribution in [3.05, 3.63) is 65.3 Å². The number of likely N-dealkylation sites (tertiary alicyclic amines) is 1. The van der Waals surface area contributed by atoms with Crippen molar-refractivity contribution in [1.82, 2.24) is 19.8 Å². The minimum absolute atomic E-state index is 0.0707. The fourth-order valence-electron chi connectivity index (χ4n) is 7.10. The minimum atomic E-state index is -0.496. The standard InChI is InChI=1S/C34H38ClN7O3/c1-3-29-31(45-29)33(43)42-18-17-41(19-23(42)12-14-36)32-25-13-16-40(28-11-5-8-22-7-4-10-26(35)30(22)28)20-27(25)37-34(38-32)44-21-24-9-6-15-39(24)2/h3-5,7-8,10-11,23-24,29,31H,1,6,9,12-13,15-21H2,2H3/t23-,24-,29+,31-/m0/s1. The second kappa shape index (κ2) is 12.5. The topological polar surface area (TPSA) is 101 Å². The van der Waals surface area contributed by atoms with Gasteiger partial charge in [-0.1, -0.05) is 41.9 Å². The number of benzene rings is 2. The zero-order valence-electron chi connectivity index (χ0n) is 25.6. The van der Waals surface area contributed by atoms with Gasteiger partial charge in [0.25, 0.3) is 5.91 Å². The highest BCUT2D eigenvalue weighted by Gasteiger charge is 2.47. The van der Waals surface area contributed by atoms with Crippen LogP contribution >= 0.6 is 11.6 Å². The molecule has 0 aliphatic carbocycles. The Bertz CT molecular complexity index is 1660. The Morgan fingerprint density at radius 3 is 2.76 bits per heavy atom. The molecule has 7 rings (SSSR count). The number of carbonyl (C=O) groups excluding carboxylic acids is 1. The Balaban J connectivity index is 1.19. The lowest BCUT2D eigenvalue weighted by Gasteiger charge is -2.42. The number of likely N-dealkylation sites (N-methyl/N-ethyl adjacent to an activating group) is 1. The van der Waals surface area contributed by atoms with Crippen LogP contribution in [-0.2, 0) is 22.5 Å². The van der Waals surface area contributed by atoms with Gasteiger partial charge in [-0.25, -0.2) is 0 Å². The van der Waals surface area contributed by atoms with E-state index in [1.54, 1.807) is 11.0 Å². The average Bonchev–Trinajstić information content (AvgIpc) is 3.74. The third kappa shape index (κ3) is 5.81. The van der Waals surface area contributed by atoms with E-state index in [2.05, 4.69) is 58.7 Å². The van der Waals surface area contributed by atoms with Crippen LogP contribution in [0.15, 0.2) is 49.1 Å². The summed E-state index contributed by atoms with van der Waals surface area (Å²) in [4.78, 5) is 31.9. The Labute approximate surface area is 268 Å². The average molecular weight is 628 g/mol. The second-order valence-electron chi connectivity index (χ2n) is 12.4. The number of piperazine rings is 1. The number of aromatic nitrogens is 2. The molecule has 2 aromatic carbocycles. The molecule has 0 spiro atoms. The molecule has 0 bridgehead atoms. The molecule has 5 heterocycles. The maximum absolute atomic E-state index is 13.2. The molecule has 4 aliphatic rings. The third-order valence-corrected chi connectivity index (χ3v) is 9.98. The summed E-state index contributed by atoms with van der Waals surface area (Å²) in [5.74, 6) is 0.769. The van der Waals surface area contributed by atoms with Crippen molar-refractivity contribution in [1.29, 1.82) is 5.26 Å².